The van der Waals surface area contributed by atoms with Gasteiger partial charge in [-0.3, -0.25) is 9.59 Å². The Hall–Kier alpha value is -2.83. The quantitative estimate of drug-likeness (QED) is 0.774. The standard InChI is InChI=1S/C24H30N4O3/c1-25-22(29)20-19(15-4-6-17(31-2)7-5-15)26-21(27-20)16-8-12-28(13-9-16)23(30)18-14-24(18)10-3-11-24/h4-7,16,18H,3,8-14H2,1-2H3,(H,25,29)(H,26,27). The predicted octanol–water partition coefficient (Wildman–Crippen LogP) is 3.34. The minimum Gasteiger partial charge on any atom is -0.497 e. The molecule has 2 N–H and O–H groups in total. The molecule has 2 saturated carbocycles. The molecule has 1 aliphatic heterocycles. The van der Waals surface area contributed by atoms with Gasteiger partial charge in [0.15, 0.2) is 0 Å². The number of carbonyl (C=O) groups excluding carboxylic acids is 2. The molecule has 2 amide bonds. The number of nitrogens with zero attached hydrogens (tertiary/aromatic N) is 2. The van der Waals surface area contributed by atoms with Crippen molar-refractivity contribution < 1.29 is 14.3 Å². The van der Waals surface area contributed by atoms with E-state index < -0.39 is 0 Å². The molecule has 3 aliphatic rings. The van der Waals surface area contributed by atoms with Gasteiger partial charge in [0.2, 0.25) is 5.91 Å². The summed E-state index contributed by atoms with van der Waals surface area (Å²) in [7, 11) is 3.25. The lowest BCUT2D eigenvalue weighted by molar-refractivity contribution is -0.135. The van der Waals surface area contributed by atoms with Crippen molar-refractivity contribution in [2.24, 2.45) is 11.3 Å². The molecule has 7 nitrogen and oxygen atoms in total. The van der Waals surface area contributed by atoms with Gasteiger partial charge in [0.05, 0.1) is 7.11 Å². The van der Waals surface area contributed by atoms with Gasteiger partial charge in [-0.2, -0.15) is 0 Å². The Morgan fingerprint density at radius 3 is 2.45 bits per heavy atom. The number of carbonyl (C=O) groups is 2. The summed E-state index contributed by atoms with van der Waals surface area (Å²) in [5, 5.41) is 2.70. The van der Waals surface area contributed by atoms with Crippen molar-refractivity contribution in [2.75, 3.05) is 27.2 Å². The van der Waals surface area contributed by atoms with Gasteiger partial charge in [0.1, 0.15) is 23.0 Å². The number of amides is 2. The minimum atomic E-state index is -0.184. The number of rotatable bonds is 5. The van der Waals surface area contributed by atoms with Crippen LogP contribution in [0.2, 0.25) is 0 Å². The van der Waals surface area contributed by atoms with Crippen molar-refractivity contribution in [3.05, 3.63) is 35.8 Å². The lowest BCUT2D eigenvalue weighted by Crippen LogP contribution is -2.40. The maximum absolute atomic E-state index is 12.9. The molecule has 0 bridgehead atoms. The second-order valence-corrected chi connectivity index (χ2v) is 9.23. The second-order valence-electron chi connectivity index (χ2n) is 9.23. The fraction of sp³-hybridized carbons (Fsp3) is 0.542. The summed E-state index contributed by atoms with van der Waals surface area (Å²) in [6, 6.07) is 7.57. The molecule has 3 fully saturated rings. The van der Waals surface area contributed by atoms with E-state index in [-0.39, 0.29) is 17.7 Å². The number of methoxy groups -OCH3 is 1. The Morgan fingerprint density at radius 2 is 1.90 bits per heavy atom. The molecule has 1 aromatic carbocycles. The van der Waals surface area contributed by atoms with Gasteiger partial charge in [-0.1, -0.05) is 6.42 Å². The Balaban J connectivity index is 1.30. The van der Waals surface area contributed by atoms with E-state index in [4.69, 9.17) is 9.72 Å². The van der Waals surface area contributed by atoms with Crippen molar-refractivity contribution in [3.8, 4) is 17.0 Å². The summed E-state index contributed by atoms with van der Waals surface area (Å²) >= 11 is 0. The highest BCUT2D eigenvalue weighted by Crippen LogP contribution is 2.66. The normalized spacial score (nSPS) is 22.1. The number of H-pyrrole nitrogens is 1. The third-order valence-electron chi connectivity index (χ3n) is 7.57. The summed E-state index contributed by atoms with van der Waals surface area (Å²) in [6.45, 7) is 1.54. The Morgan fingerprint density at radius 1 is 1.19 bits per heavy atom. The molecular weight excluding hydrogens is 392 g/mol. The number of piperidine rings is 1. The molecule has 5 rings (SSSR count). The Bertz CT molecular complexity index is 985. The van der Waals surface area contributed by atoms with Crippen LogP contribution in [0.3, 0.4) is 0 Å². The van der Waals surface area contributed by atoms with Crippen molar-refractivity contribution in [2.45, 2.75) is 44.4 Å². The van der Waals surface area contributed by atoms with Crippen LogP contribution in [0.5, 0.6) is 5.75 Å². The van der Waals surface area contributed by atoms with Crippen LogP contribution in [0.4, 0.5) is 0 Å². The SMILES string of the molecule is CNC(=O)c1[nH]c(C2CCN(C(=O)C3CC34CCC4)CC2)nc1-c1ccc(OC)cc1. The zero-order valence-electron chi connectivity index (χ0n) is 18.2. The van der Waals surface area contributed by atoms with E-state index in [1.54, 1.807) is 14.2 Å². The molecule has 1 saturated heterocycles. The maximum Gasteiger partial charge on any atom is 0.269 e. The summed E-state index contributed by atoms with van der Waals surface area (Å²) in [4.78, 5) is 35.5. The summed E-state index contributed by atoms with van der Waals surface area (Å²) in [5.41, 5.74) is 2.38. The monoisotopic (exact) mass is 422 g/mol. The van der Waals surface area contributed by atoms with Crippen LogP contribution in [0.1, 0.15) is 60.8 Å². The molecule has 31 heavy (non-hydrogen) atoms. The number of imidazole rings is 1. The highest BCUT2D eigenvalue weighted by molar-refractivity contribution is 5.98. The fourth-order valence-electron chi connectivity index (χ4n) is 5.31. The summed E-state index contributed by atoms with van der Waals surface area (Å²) in [5.74, 6) is 2.27. The van der Waals surface area contributed by atoms with Crippen LogP contribution in [0.15, 0.2) is 24.3 Å². The summed E-state index contributed by atoms with van der Waals surface area (Å²) in [6.07, 6.45) is 6.60. The highest BCUT2D eigenvalue weighted by atomic mass is 16.5. The topological polar surface area (TPSA) is 87.3 Å². The van der Waals surface area contributed by atoms with E-state index in [2.05, 4.69) is 15.2 Å². The Labute approximate surface area is 182 Å². The zero-order chi connectivity index (χ0) is 21.6. The first-order valence-electron chi connectivity index (χ1n) is 11.3. The molecule has 2 heterocycles. The second kappa shape index (κ2) is 7.70. The van der Waals surface area contributed by atoms with Crippen LogP contribution in [0, 0.1) is 11.3 Å². The van der Waals surface area contributed by atoms with E-state index in [1.807, 2.05) is 24.3 Å². The third-order valence-corrected chi connectivity index (χ3v) is 7.57. The molecule has 1 spiro atoms. The van der Waals surface area contributed by atoms with E-state index >= 15 is 0 Å². The molecule has 0 radical (unpaired) electrons. The van der Waals surface area contributed by atoms with Gasteiger partial charge < -0.3 is 19.9 Å². The van der Waals surface area contributed by atoms with Gasteiger partial charge in [-0.15, -0.1) is 0 Å². The van der Waals surface area contributed by atoms with Crippen LogP contribution < -0.4 is 10.1 Å². The van der Waals surface area contributed by atoms with Crippen molar-refractivity contribution in [3.63, 3.8) is 0 Å². The highest BCUT2D eigenvalue weighted by Gasteiger charge is 2.61. The molecular formula is C24H30N4O3. The average Bonchev–Trinajstić information content (AvgIpc) is 3.43. The van der Waals surface area contributed by atoms with Gasteiger partial charge in [-0.25, -0.2) is 4.98 Å². The van der Waals surface area contributed by atoms with Gasteiger partial charge in [-0.05, 0) is 61.8 Å². The smallest absolute Gasteiger partial charge is 0.269 e. The van der Waals surface area contributed by atoms with Crippen LogP contribution in [0.25, 0.3) is 11.3 Å². The van der Waals surface area contributed by atoms with E-state index in [1.165, 1.54) is 19.3 Å². The van der Waals surface area contributed by atoms with Gasteiger partial charge >= 0.3 is 0 Å². The van der Waals surface area contributed by atoms with E-state index in [0.717, 1.165) is 49.5 Å². The Kier molecular flexibility index (Phi) is 4.99. The number of nitrogens with one attached hydrogen (secondary N) is 2. The molecule has 7 heteroatoms. The minimum absolute atomic E-state index is 0.184. The molecule has 2 aliphatic carbocycles. The number of aromatic nitrogens is 2. The first kappa shape index (κ1) is 20.1. The molecule has 1 unspecified atom stereocenters. The first-order valence-corrected chi connectivity index (χ1v) is 11.3. The summed E-state index contributed by atoms with van der Waals surface area (Å²) < 4.78 is 5.24. The molecule has 1 aromatic heterocycles. The van der Waals surface area contributed by atoms with Crippen LogP contribution in [-0.2, 0) is 4.79 Å². The maximum atomic E-state index is 12.9. The molecule has 2 aromatic rings. The largest absolute Gasteiger partial charge is 0.497 e. The van der Waals surface area contributed by atoms with Crippen molar-refractivity contribution in [1.29, 1.82) is 0 Å². The van der Waals surface area contributed by atoms with E-state index in [0.29, 0.717) is 22.7 Å². The predicted molar refractivity (Wildman–Crippen MR) is 117 cm³/mol. The van der Waals surface area contributed by atoms with Gasteiger partial charge in [0.25, 0.3) is 5.91 Å². The lowest BCUT2D eigenvalue weighted by atomic mass is 9.79. The number of hydrogen-bond donors (Lipinski definition) is 2. The number of aromatic amines is 1. The molecule has 1 atom stereocenters. The zero-order valence-corrected chi connectivity index (χ0v) is 18.2. The third kappa shape index (κ3) is 3.50. The number of likely N-dealkylation sites (tertiary alicyclic amines) is 1. The first-order chi connectivity index (χ1) is 15.0. The van der Waals surface area contributed by atoms with E-state index in [9.17, 15) is 9.59 Å². The number of hydrogen-bond acceptors (Lipinski definition) is 4. The number of ether oxygens (including phenoxy) is 1. The lowest BCUT2D eigenvalue weighted by Gasteiger charge is -2.33. The average molecular weight is 423 g/mol. The fourth-order valence-corrected chi connectivity index (χ4v) is 5.31. The van der Waals surface area contributed by atoms with Crippen molar-refractivity contribution >= 4 is 11.8 Å². The van der Waals surface area contributed by atoms with Crippen molar-refractivity contribution in [1.82, 2.24) is 20.2 Å². The van der Waals surface area contributed by atoms with Crippen LogP contribution >= 0.6 is 0 Å². The number of benzene rings is 1. The molecule has 164 valence electrons. The van der Waals surface area contributed by atoms with Gasteiger partial charge in [0, 0.05) is 37.5 Å². The van der Waals surface area contributed by atoms with Crippen LogP contribution in [-0.4, -0.2) is 53.9 Å².